The molecule has 0 saturated heterocycles. The van der Waals surface area contributed by atoms with E-state index in [1.165, 1.54) is 24.3 Å². The molecule has 0 aliphatic carbocycles. The second kappa shape index (κ2) is 11.2. The standard InChI is InChI=1S/C28H26O6S/c1-21(34-24-15-17-25(18-16-24)35(29,30)31)32-19-20-33-28-26(22-9-4-2-5-10-22)13-8-14-27(28)23-11-6-3-7-12-23/h2-18,21H,19-20H2,1H3,(H,29,30,31)/p-1. The zero-order valence-corrected chi connectivity index (χ0v) is 20.0. The molecular formula is C28H25O6S-. The van der Waals surface area contributed by atoms with E-state index in [0.29, 0.717) is 12.4 Å². The van der Waals surface area contributed by atoms with Crippen LogP contribution in [0.25, 0.3) is 22.3 Å². The highest BCUT2D eigenvalue weighted by Crippen LogP contribution is 2.39. The maximum atomic E-state index is 11.1. The number of benzene rings is 4. The van der Waals surface area contributed by atoms with E-state index in [4.69, 9.17) is 14.2 Å². The van der Waals surface area contributed by atoms with Gasteiger partial charge in [0.25, 0.3) is 0 Å². The summed E-state index contributed by atoms with van der Waals surface area (Å²) >= 11 is 0. The number of ether oxygens (including phenoxy) is 3. The van der Waals surface area contributed by atoms with Gasteiger partial charge in [-0.05, 0) is 42.3 Å². The molecule has 0 fully saturated rings. The predicted octanol–water partition coefficient (Wildman–Crippen LogP) is 5.75. The number of hydrogen-bond donors (Lipinski definition) is 0. The Kier molecular flexibility index (Phi) is 7.82. The first kappa shape index (κ1) is 24.5. The second-order valence-corrected chi connectivity index (χ2v) is 9.12. The van der Waals surface area contributed by atoms with Crippen molar-refractivity contribution in [1.29, 1.82) is 0 Å². The lowest BCUT2D eigenvalue weighted by Gasteiger charge is -2.19. The summed E-state index contributed by atoms with van der Waals surface area (Å²) in [5, 5.41) is 0. The highest BCUT2D eigenvalue weighted by atomic mass is 32.2. The molecule has 0 heterocycles. The van der Waals surface area contributed by atoms with E-state index < -0.39 is 16.4 Å². The average Bonchev–Trinajstić information content (AvgIpc) is 2.87. The number of rotatable bonds is 10. The fourth-order valence-corrected chi connectivity index (χ4v) is 4.12. The van der Waals surface area contributed by atoms with Crippen LogP contribution in [-0.2, 0) is 14.9 Å². The molecule has 7 heteroatoms. The maximum Gasteiger partial charge on any atom is 0.197 e. The molecule has 4 aromatic carbocycles. The van der Waals surface area contributed by atoms with Gasteiger partial charge in [0.2, 0.25) is 0 Å². The Labute approximate surface area is 205 Å². The molecule has 0 N–H and O–H groups in total. The number of hydrogen-bond acceptors (Lipinski definition) is 6. The zero-order valence-electron chi connectivity index (χ0n) is 19.2. The van der Waals surface area contributed by atoms with Crippen LogP contribution in [0.2, 0.25) is 0 Å². The Hall–Kier alpha value is -3.65. The van der Waals surface area contributed by atoms with Crippen LogP contribution in [0.3, 0.4) is 0 Å². The molecule has 0 saturated carbocycles. The molecule has 180 valence electrons. The first-order valence-corrected chi connectivity index (χ1v) is 12.5. The molecule has 1 atom stereocenters. The van der Waals surface area contributed by atoms with Gasteiger partial charge in [-0.25, -0.2) is 8.42 Å². The lowest BCUT2D eigenvalue weighted by molar-refractivity contribution is -0.0738. The van der Waals surface area contributed by atoms with E-state index >= 15 is 0 Å². The minimum Gasteiger partial charge on any atom is -0.744 e. The Balaban J connectivity index is 1.42. The third-order valence-electron chi connectivity index (χ3n) is 5.28. The molecule has 0 amide bonds. The first-order valence-electron chi connectivity index (χ1n) is 11.1. The van der Waals surface area contributed by atoms with Gasteiger partial charge < -0.3 is 18.8 Å². The minimum absolute atomic E-state index is 0.269. The van der Waals surface area contributed by atoms with Crippen LogP contribution in [0.1, 0.15) is 6.92 Å². The summed E-state index contributed by atoms with van der Waals surface area (Å²) in [6, 6.07) is 31.5. The summed E-state index contributed by atoms with van der Waals surface area (Å²) in [5.74, 6) is 1.17. The largest absolute Gasteiger partial charge is 0.744 e. The third kappa shape index (κ3) is 6.48. The molecule has 1 unspecified atom stereocenters. The van der Waals surface area contributed by atoms with Gasteiger partial charge in [0.15, 0.2) is 6.29 Å². The molecule has 4 rings (SSSR count). The molecule has 0 spiro atoms. The van der Waals surface area contributed by atoms with Crippen LogP contribution >= 0.6 is 0 Å². The highest BCUT2D eigenvalue weighted by Gasteiger charge is 2.14. The van der Waals surface area contributed by atoms with Gasteiger partial charge in [0.05, 0.1) is 11.5 Å². The van der Waals surface area contributed by atoms with E-state index in [2.05, 4.69) is 0 Å². The van der Waals surface area contributed by atoms with E-state index in [1.54, 1.807) is 6.92 Å². The van der Waals surface area contributed by atoms with Crippen molar-refractivity contribution in [1.82, 2.24) is 0 Å². The quantitative estimate of drug-likeness (QED) is 0.160. The van der Waals surface area contributed by atoms with Gasteiger partial charge in [-0.15, -0.1) is 0 Å². The van der Waals surface area contributed by atoms with Crippen molar-refractivity contribution >= 4 is 10.1 Å². The topological polar surface area (TPSA) is 84.9 Å². The molecule has 0 aromatic heterocycles. The smallest absolute Gasteiger partial charge is 0.197 e. The van der Waals surface area contributed by atoms with Crippen molar-refractivity contribution in [2.75, 3.05) is 13.2 Å². The van der Waals surface area contributed by atoms with Crippen LogP contribution < -0.4 is 9.47 Å². The molecule has 0 radical (unpaired) electrons. The van der Waals surface area contributed by atoms with Crippen LogP contribution in [0.4, 0.5) is 0 Å². The van der Waals surface area contributed by atoms with Crippen molar-refractivity contribution in [3.8, 4) is 33.8 Å². The van der Waals surface area contributed by atoms with Gasteiger partial charge in [0, 0.05) is 11.1 Å². The molecule has 0 aliphatic rings. The predicted molar refractivity (Wildman–Crippen MR) is 133 cm³/mol. The van der Waals surface area contributed by atoms with Crippen molar-refractivity contribution in [3.63, 3.8) is 0 Å². The van der Waals surface area contributed by atoms with Crippen LogP contribution in [-0.4, -0.2) is 32.5 Å². The zero-order chi connectivity index (χ0) is 24.7. The van der Waals surface area contributed by atoms with E-state index in [-0.39, 0.29) is 11.5 Å². The summed E-state index contributed by atoms with van der Waals surface area (Å²) in [4.78, 5) is -0.307. The van der Waals surface area contributed by atoms with E-state index in [0.717, 1.165) is 28.0 Å². The fraction of sp³-hybridized carbons (Fsp3) is 0.143. The Bertz CT molecular complexity index is 1280. The monoisotopic (exact) mass is 489 g/mol. The lowest BCUT2D eigenvalue weighted by Crippen LogP contribution is -2.20. The van der Waals surface area contributed by atoms with Crippen LogP contribution in [0.15, 0.2) is 108 Å². The normalized spacial score (nSPS) is 12.2. The van der Waals surface area contributed by atoms with Gasteiger partial charge in [-0.3, -0.25) is 0 Å². The summed E-state index contributed by atoms with van der Waals surface area (Å²) in [5.41, 5.74) is 4.09. The van der Waals surface area contributed by atoms with Gasteiger partial charge >= 0.3 is 0 Å². The Morgan fingerprint density at radius 3 is 1.77 bits per heavy atom. The van der Waals surface area contributed by atoms with Crippen molar-refractivity contribution in [2.45, 2.75) is 18.1 Å². The summed E-state index contributed by atoms with van der Waals surface area (Å²) in [7, 11) is -4.49. The van der Waals surface area contributed by atoms with Crippen molar-refractivity contribution < 1.29 is 27.2 Å². The second-order valence-electron chi connectivity index (χ2n) is 7.74. The molecule has 35 heavy (non-hydrogen) atoms. The molecular weight excluding hydrogens is 464 g/mol. The van der Waals surface area contributed by atoms with Gasteiger partial charge in [0.1, 0.15) is 28.2 Å². The van der Waals surface area contributed by atoms with Gasteiger partial charge in [-0.1, -0.05) is 78.9 Å². The SMILES string of the molecule is CC(OCCOc1c(-c2ccccc2)cccc1-c1ccccc1)Oc1ccc(S(=O)(=O)[O-])cc1. The summed E-state index contributed by atoms with van der Waals surface area (Å²) in [6.07, 6.45) is -0.605. The molecule has 0 aliphatic heterocycles. The summed E-state index contributed by atoms with van der Waals surface area (Å²) < 4.78 is 50.8. The Morgan fingerprint density at radius 1 is 0.714 bits per heavy atom. The molecule has 4 aromatic rings. The summed E-state index contributed by atoms with van der Waals surface area (Å²) in [6.45, 7) is 2.29. The maximum absolute atomic E-state index is 11.1. The molecule has 6 nitrogen and oxygen atoms in total. The fourth-order valence-electron chi connectivity index (χ4n) is 3.65. The lowest BCUT2D eigenvalue weighted by atomic mass is 9.97. The van der Waals surface area contributed by atoms with Crippen molar-refractivity contribution in [3.05, 3.63) is 103 Å². The average molecular weight is 490 g/mol. The van der Waals surface area contributed by atoms with Crippen LogP contribution in [0, 0.1) is 0 Å². The van der Waals surface area contributed by atoms with Gasteiger partial charge in [-0.2, -0.15) is 0 Å². The number of para-hydroxylation sites is 1. The highest BCUT2D eigenvalue weighted by molar-refractivity contribution is 7.85. The van der Waals surface area contributed by atoms with Crippen molar-refractivity contribution in [2.24, 2.45) is 0 Å². The Morgan fingerprint density at radius 2 is 1.26 bits per heavy atom. The van der Waals surface area contributed by atoms with E-state index in [9.17, 15) is 13.0 Å². The minimum atomic E-state index is -4.49. The third-order valence-corrected chi connectivity index (χ3v) is 6.13. The van der Waals surface area contributed by atoms with Crippen LogP contribution in [0.5, 0.6) is 11.5 Å². The molecule has 0 bridgehead atoms. The first-order chi connectivity index (χ1) is 16.9. The van der Waals surface area contributed by atoms with E-state index in [1.807, 2.05) is 78.9 Å².